The van der Waals surface area contributed by atoms with Crippen molar-refractivity contribution >= 4 is 5.69 Å². The number of benzene rings is 1. The van der Waals surface area contributed by atoms with Crippen LogP contribution in [0.1, 0.15) is 6.42 Å². The summed E-state index contributed by atoms with van der Waals surface area (Å²) in [5, 5.41) is 3.33. The SMILES string of the molecule is COc1cccc(NCC2CCOCO2)c1. The lowest BCUT2D eigenvalue weighted by Gasteiger charge is -2.23. The second-order valence-electron chi connectivity index (χ2n) is 3.72. The number of hydrogen-bond donors (Lipinski definition) is 1. The molecule has 0 spiro atoms. The second kappa shape index (κ2) is 5.72. The topological polar surface area (TPSA) is 39.7 Å². The molecule has 0 aliphatic carbocycles. The highest BCUT2D eigenvalue weighted by Gasteiger charge is 2.13. The minimum Gasteiger partial charge on any atom is -0.497 e. The average Bonchev–Trinajstić information content (AvgIpc) is 2.38. The van der Waals surface area contributed by atoms with Gasteiger partial charge >= 0.3 is 0 Å². The Hall–Kier alpha value is -1.26. The fourth-order valence-corrected chi connectivity index (χ4v) is 1.63. The standard InChI is InChI=1S/C12H17NO3/c1-14-11-4-2-3-10(7-11)13-8-12-5-6-15-9-16-12/h2-4,7,12-13H,5-6,8-9H2,1H3. The van der Waals surface area contributed by atoms with Gasteiger partial charge in [-0.05, 0) is 18.6 Å². The van der Waals surface area contributed by atoms with E-state index in [9.17, 15) is 0 Å². The Morgan fingerprint density at radius 2 is 2.44 bits per heavy atom. The molecule has 1 fully saturated rings. The summed E-state index contributed by atoms with van der Waals surface area (Å²) in [7, 11) is 1.67. The zero-order valence-corrected chi connectivity index (χ0v) is 9.44. The summed E-state index contributed by atoms with van der Waals surface area (Å²) < 4.78 is 15.7. The summed E-state index contributed by atoms with van der Waals surface area (Å²) in [6, 6.07) is 7.88. The predicted octanol–water partition coefficient (Wildman–Crippen LogP) is 1.87. The van der Waals surface area contributed by atoms with Crippen molar-refractivity contribution in [2.75, 3.05) is 32.4 Å². The van der Waals surface area contributed by atoms with Gasteiger partial charge in [0.05, 0.1) is 19.8 Å². The zero-order chi connectivity index (χ0) is 11.2. The van der Waals surface area contributed by atoms with E-state index in [1.165, 1.54) is 0 Å². The number of rotatable bonds is 4. The quantitative estimate of drug-likeness (QED) is 0.846. The van der Waals surface area contributed by atoms with E-state index in [1.54, 1.807) is 7.11 Å². The van der Waals surface area contributed by atoms with Crippen molar-refractivity contribution in [3.05, 3.63) is 24.3 Å². The van der Waals surface area contributed by atoms with Crippen molar-refractivity contribution in [2.24, 2.45) is 0 Å². The molecule has 0 saturated carbocycles. The highest BCUT2D eigenvalue weighted by Crippen LogP contribution is 2.17. The number of ether oxygens (including phenoxy) is 3. The van der Waals surface area contributed by atoms with Gasteiger partial charge in [-0.2, -0.15) is 0 Å². The van der Waals surface area contributed by atoms with Crippen LogP contribution < -0.4 is 10.1 Å². The van der Waals surface area contributed by atoms with Crippen LogP contribution in [0.4, 0.5) is 5.69 Å². The van der Waals surface area contributed by atoms with Crippen LogP contribution in [-0.4, -0.2) is 33.2 Å². The van der Waals surface area contributed by atoms with Crippen molar-refractivity contribution < 1.29 is 14.2 Å². The lowest BCUT2D eigenvalue weighted by atomic mass is 10.2. The summed E-state index contributed by atoms with van der Waals surface area (Å²) in [4.78, 5) is 0. The minimum atomic E-state index is 0.236. The number of hydrogen-bond acceptors (Lipinski definition) is 4. The van der Waals surface area contributed by atoms with E-state index in [-0.39, 0.29) is 6.10 Å². The van der Waals surface area contributed by atoms with Crippen molar-refractivity contribution in [3.8, 4) is 5.75 Å². The Morgan fingerprint density at radius 1 is 1.50 bits per heavy atom. The van der Waals surface area contributed by atoms with Gasteiger partial charge in [-0.1, -0.05) is 6.07 Å². The molecule has 1 saturated heterocycles. The van der Waals surface area contributed by atoms with Crippen molar-refractivity contribution in [1.82, 2.24) is 0 Å². The van der Waals surface area contributed by atoms with Gasteiger partial charge in [0.15, 0.2) is 0 Å². The Kier molecular flexibility index (Phi) is 4.02. The molecule has 0 amide bonds. The number of nitrogens with one attached hydrogen (secondary N) is 1. The highest BCUT2D eigenvalue weighted by atomic mass is 16.7. The van der Waals surface area contributed by atoms with Gasteiger partial charge < -0.3 is 19.5 Å². The van der Waals surface area contributed by atoms with E-state index in [4.69, 9.17) is 14.2 Å². The molecule has 0 aromatic heterocycles. The smallest absolute Gasteiger partial charge is 0.147 e. The molecule has 1 N–H and O–H groups in total. The third-order valence-corrected chi connectivity index (χ3v) is 2.57. The first-order valence-electron chi connectivity index (χ1n) is 5.46. The largest absolute Gasteiger partial charge is 0.497 e. The fraction of sp³-hybridized carbons (Fsp3) is 0.500. The molecule has 1 aromatic rings. The summed E-state index contributed by atoms with van der Waals surface area (Å²) in [5.41, 5.74) is 1.05. The molecule has 1 atom stereocenters. The van der Waals surface area contributed by atoms with Crippen LogP contribution in [0.5, 0.6) is 5.75 Å². The Bertz CT molecular complexity index is 324. The van der Waals surface area contributed by atoms with Crippen LogP contribution in [0.15, 0.2) is 24.3 Å². The van der Waals surface area contributed by atoms with Gasteiger partial charge in [0.25, 0.3) is 0 Å². The molecule has 1 aliphatic heterocycles. The molecule has 1 heterocycles. The second-order valence-corrected chi connectivity index (χ2v) is 3.72. The van der Waals surface area contributed by atoms with Crippen LogP contribution in [0, 0.1) is 0 Å². The molecule has 4 heteroatoms. The van der Waals surface area contributed by atoms with Gasteiger partial charge in [0, 0.05) is 18.3 Å². The van der Waals surface area contributed by atoms with Crippen LogP contribution >= 0.6 is 0 Å². The van der Waals surface area contributed by atoms with E-state index in [0.717, 1.165) is 31.0 Å². The molecule has 16 heavy (non-hydrogen) atoms. The molecule has 1 aliphatic rings. The maximum absolute atomic E-state index is 5.44. The van der Waals surface area contributed by atoms with Crippen LogP contribution in [-0.2, 0) is 9.47 Å². The van der Waals surface area contributed by atoms with Crippen molar-refractivity contribution in [1.29, 1.82) is 0 Å². The van der Waals surface area contributed by atoms with Gasteiger partial charge in [-0.15, -0.1) is 0 Å². The lowest BCUT2D eigenvalue weighted by Crippen LogP contribution is -2.30. The lowest BCUT2D eigenvalue weighted by molar-refractivity contribution is -0.133. The molecule has 88 valence electrons. The van der Waals surface area contributed by atoms with Gasteiger partial charge in [-0.3, -0.25) is 0 Å². The fourth-order valence-electron chi connectivity index (χ4n) is 1.63. The highest BCUT2D eigenvalue weighted by molar-refractivity contribution is 5.48. The summed E-state index contributed by atoms with van der Waals surface area (Å²) in [6.07, 6.45) is 1.18. The van der Waals surface area contributed by atoms with E-state index in [0.29, 0.717) is 6.79 Å². The monoisotopic (exact) mass is 223 g/mol. The van der Waals surface area contributed by atoms with E-state index >= 15 is 0 Å². The van der Waals surface area contributed by atoms with Crippen molar-refractivity contribution in [3.63, 3.8) is 0 Å². The number of anilines is 1. The first-order valence-corrected chi connectivity index (χ1v) is 5.46. The van der Waals surface area contributed by atoms with Crippen LogP contribution in [0.2, 0.25) is 0 Å². The Labute approximate surface area is 95.5 Å². The summed E-state index contributed by atoms with van der Waals surface area (Å²) in [5.74, 6) is 0.859. The Balaban J connectivity index is 1.83. The van der Waals surface area contributed by atoms with E-state index < -0.39 is 0 Å². The summed E-state index contributed by atoms with van der Waals surface area (Å²) >= 11 is 0. The van der Waals surface area contributed by atoms with Crippen molar-refractivity contribution in [2.45, 2.75) is 12.5 Å². The molecule has 1 aromatic carbocycles. The molecule has 1 unspecified atom stereocenters. The third kappa shape index (κ3) is 3.12. The van der Waals surface area contributed by atoms with Crippen LogP contribution in [0.25, 0.3) is 0 Å². The zero-order valence-electron chi connectivity index (χ0n) is 9.44. The van der Waals surface area contributed by atoms with E-state index in [1.807, 2.05) is 24.3 Å². The normalized spacial score (nSPS) is 20.4. The van der Waals surface area contributed by atoms with Crippen LogP contribution in [0.3, 0.4) is 0 Å². The summed E-state index contributed by atoms with van der Waals surface area (Å²) in [6.45, 7) is 1.99. The van der Waals surface area contributed by atoms with Gasteiger partial charge in [0.2, 0.25) is 0 Å². The maximum atomic E-state index is 5.44. The molecule has 0 bridgehead atoms. The molecule has 0 radical (unpaired) electrons. The first-order chi connectivity index (χ1) is 7.88. The molecule has 4 nitrogen and oxygen atoms in total. The maximum Gasteiger partial charge on any atom is 0.147 e. The van der Waals surface area contributed by atoms with Gasteiger partial charge in [0.1, 0.15) is 12.5 Å². The molecular weight excluding hydrogens is 206 g/mol. The van der Waals surface area contributed by atoms with Gasteiger partial charge in [-0.25, -0.2) is 0 Å². The third-order valence-electron chi connectivity index (χ3n) is 2.57. The average molecular weight is 223 g/mol. The first kappa shape index (κ1) is 11.2. The number of methoxy groups -OCH3 is 1. The Morgan fingerprint density at radius 3 is 3.19 bits per heavy atom. The molecule has 2 rings (SSSR count). The minimum absolute atomic E-state index is 0.236. The van der Waals surface area contributed by atoms with E-state index in [2.05, 4.69) is 5.32 Å². The molecular formula is C12H17NO3. The predicted molar refractivity (Wildman–Crippen MR) is 61.8 cm³/mol.